The van der Waals surface area contributed by atoms with Crippen LogP contribution < -0.4 is 5.32 Å². The van der Waals surface area contributed by atoms with Gasteiger partial charge < -0.3 is 10.2 Å². The Hall–Kier alpha value is -0.860. The largest absolute Gasteiger partial charge is 0.313 e. The molecule has 2 nitrogen and oxygen atoms in total. The van der Waals surface area contributed by atoms with Crippen molar-refractivity contribution in [2.45, 2.75) is 45.2 Å². The van der Waals surface area contributed by atoms with Crippen LogP contribution in [0.5, 0.6) is 0 Å². The van der Waals surface area contributed by atoms with E-state index in [-0.39, 0.29) is 0 Å². The van der Waals surface area contributed by atoms with Gasteiger partial charge in [-0.25, -0.2) is 0 Å². The molecular weight excluding hydrogens is 232 g/mol. The molecule has 0 saturated carbocycles. The molecule has 0 amide bonds. The number of hydrogen-bond donors (Lipinski definition) is 1. The first-order valence-corrected chi connectivity index (χ1v) is 7.76. The van der Waals surface area contributed by atoms with Gasteiger partial charge >= 0.3 is 0 Å². The lowest BCUT2D eigenvalue weighted by atomic mass is 10.1. The predicted octanol–water partition coefficient (Wildman–Crippen LogP) is 2.47. The van der Waals surface area contributed by atoms with Gasteiger partial charge in [-0.15, -0.1) is 0 Å². The van der Waals surface area contributed by atoms with Crippen molar-refractivity contribution in [1.82, 2.24) is 10.2 Å². The van der Waals surface area contributed by atoms with E-state index >= 15 is 0 Å². The van der Waals surface area contributed by atoms with Gasteiger partial charge in [-0.2, -0.15) is 0 Å². The molecule has 1 atom stereocenters. The minimum atomic E-state index is 0.672. The van der Waals surface area contributed by atoms with Crippen LogP contribution in [0.25, 0.3) is 0 Å². The van der Waals surface area contributed by atoms with Crippen LogP contribution in [-0.4, -0.2) is 36.6 Å². The third-order valence-electron chi connectivity index (χ3n) is 4.79. The van der Waals surface area contributed by atoms with Gasteiger partial charge in [0.1, 0.15) is 0 Å². The SMILES string of the molecule is CC(C)N1CCC(CNC2Cc3ccccc3C2)C1. The topological polar surface area (TPSA) is 15.3 Å². The third kappa shape index (κ3) is 3.01. The number of hydrogen-bond acceptors (Lipinski definition) is 2. The summed E-state index contributed by atoms with van der Waals surface area (Å²) < 4.78 is 0. The fraction of sp³-hybridized carbons (Fsp3) is 0.647. The van der Waals surface area contributed by atoms with Crippen LogP contribution >= 0.6 is 0 Å². The number of likely N-dealkylation sites (tertiary alicyclic amines) is 1. The molecule has 1 aromatic carbocycles. The molecule has 3 rings (SSSR count). The van der Waals surface area contributed by atoms with Gasteiger partial charge in [0, 0.05) is 18.6 Å². The van der Waals surface area contributed by atoms with Crippen molar-refractivity contribution in [2.24, 2.45) is 5.92 Å². The Balaban J connectivity index is 1.45. The minimum absolute atomic E-state index is 0.672. The summed E-state index contributed by atoms with van der Waals surface area (Å²) in [5.41, 5.74) is 3.10. The predicted molar refractivity (Wildman–Crippen MR) is 80.5 cm³/mol. The number of nitrogens with one attached hydrogen (secondary N) is 1. The van der Waals surface area contributed by atoms with E-state index in [0.717, 1.165) is 5.92 Å². The van der Waals surface area contributed by atoms with E-state index in [9.17, 15) is 0 Å². The van der Waals surface area contributed by atoms with Crippen LogP contribution in [-0.2, 0) is 12.8 Å². The molecule has 0 radical (unpaired) electrons. The van der Waals surface area contributed by atoms with E-state index in [4.69, 9.17) is 0 Å². The quantitative estimate of drug-likeness (QED) is 0.892. The fourth-order valence-corrected chi connectivity index (χ4v) is 3.53. The number of nitrogens with zero attached hydrogens (tertiary/aromatic N) is 1. The van der Waals surface area contributed by atoms with Crippen molar-refractivity contribution < 1.29 is 0 Å². The standard InChI is InChI=1S/C17H26N2/c1-13(2)19-8-7-14(12-19)11-18-17-9-15-5-3-4-6-16(15)10-17/h3-6,13-14,17-18H,7-12H2,1-2H3. The lowest BCUT2D eigenvalue weighted by molar-refractivity contribution is 0.262. The molecule has 1 aliphatic heterocycles. The first-order chi connectivity index (χ1) is 9.22. The fourth-order valence-electron chi connectivity index (χ4n) is 3.53. The zero-order valence-corrected chi connectivity index (χ0v) is 12.2. The third-order valence-corrected chi connectivity index (χ3v) is 4.79. The summed E-state index contributed by atoms with van der Waals surface area (Å²) in [4.78, 5) is 2.61. The number of fused-ring (bicyclic) bond motifs is 1. The molecule has 2 heteroatoms. The molecule has 1 unspecified atom stereocenters. The highest BCUT2D eigenvalue weighted by molar-refractivity contribution is 5.33. The van der Waals surface area contributed by atoms with Gasteiger partial charge in [-0.05, 0) is 63.2 Å². The lowest BCUT2D eigenvalue weighted by Gasteiger charge is -2.21. The van der Waals surface area contributed by atoms with Crippen LogP contribution in [0.15, 0.2) is 24.3 Å². The molecule has 0 bridgehead atoms. The Morgan fingerprint density at radius 3 is 2.47 bits per heavy atom. The molecule has 1 heterocycles. The summed E-state index contributed by atoms with van der Waals surface area (Å²) in [5, 5.41) is 3.80. The molecule has 0 aromatic heterocycles. The molecule has 104 valence electrons. The van der Waals surface area contributed by atoms with Crippen molar-refractivity contribution in [1.29, 1.82) is 0 Å². The second-order valence-electron chi connectivity index (χ2n) is 6.53. The van der Waals surface area contributed by atoms with Gasteiger partial charge in [0.15, 0.2) is 0 Å². The van der Waals surface area contributed by atoms with E-state index in [0.29, 0.717) is 12.1 Å². The Bertz CT molecular complexity index is 402. The first-order valence-electron chi connectivity index (χ1n) is 7.76. The number of rotatable bonds is 4. The van der Waals surface area contributed by atoms with Gasteiger partial charge in [-0.1, -0.05) is 24.3 Å². The van der Waals surface area contributed by atoms with E-state index in [1.54, 1.807) is 11.1 Å². The summed E-state index contributed by atoms with van der Waals surface area (Å²) >= 11 is 0. The maximum absolute atomic E-state index is 3.80. The van der Waals surface area contributed by atoms with Crippen molar-refractivity contribution in [3.05, 3.63) is 35.4 Å². The molecule has 1 fully saturated rings. The van der Waals surface area contributed by atoms with Gasteiger partial charge in [0.05, 0.1) is 0 Å². The van der Waals surface area contributed by atoms with E-state index in [2.05, 4.69) is 48.3 Å². The molecule has 1 saturated heterocycles. The molecule has 1 N–H and O–H groups in total. The van der Waals surface area contributed by atoms with Gasteiger partial charge in [0.2, 0.25) is 0 Å². The Morgan fingerprint density at radius 1 is 1.21 bits per heavy atom. The minimum Gasteiger partial charge on any atom is -0.313 e. The molecule has 0 spiro atoms. The summed E-state index contributed by atoms with van der Waals surface area (Å²) in [6.07, 6.45) is 3.80. The number of benzene rings is 1. The maximum Gasteiger partial charge on any atom is 0.0148 e. The molecule has 19 heavy (non-hydrogen) atoms. The summed E-state index contributed by atoms with van der Waals surface area (Å²) in [7, 11) is 0. The zero-order chi connectivity index (χ0) is 13.2. The van der Waals surface area contributed by atoms with Crippen LogP contribution in [0.1, 0.15) is 31.4 Å². The van der Waals surface area contributed by atoms with Gasteiger partial charge in [-0.3, -0.25) is 0 Å². The smallest absolute Gasteiger partial charge is 0.0148 e. The van der Waals surface area contributed by atoms with Crippen molar-refractivity contribution in [3.63, 3.8) is 0 Å². The van der Waals surface area contributed by atoms with Crippen LogP contribution in [0, 0.1) is 5.92 Å². The highest BCUT2D eigenvalue weighted by Gasteiger charge is 2.26. The average molecular weight is 258 g/mol. The van der Waals surface area contributed by atoms with Crippen molar-refractivity contribution in [2.75, 3.05) is 19.6 Å². The maximum atomic E-state index is 3.80. The molecule has 1 aliphatic carbocycles. The second-order valence-corrected chi connectivity index (χ2v) is 6.53. The monoisotopic (exact) mass is 258 g/mol. The Kier molecular flexibility index (Phi) is 3.90. The highest BCUT2D eigenvalue weighted by Crippen LogP contribution is 2.23. The lowest BCUT2D eigenvalue weighted by Crippen LogP contribution is -2.35. The average Bonchev–Trinajstić information content (AvgIpc) is 3.02. The molecular formula is C17H26N2. The normalized spacial score (nSPS) is 24.3. The molecule has 1 aromatic rings. The van der Waals surface area contributed by atoms with Crippen molar-refractivity contribution >= 4 is 0 Å². The summed E-state index contributed by atoms with van der Waals surface area (Å²) in [5.74, 6) is 0.853. The van der Waals surface area contributed by atoms with Crippen molar-refractivity contribution in [3.8, 4) is 0 Å². The first kappa shape index (κ1) is 13.1. The second kappa shape index (κ2) is 5.64. The highest BCUT2D eigenvalue weighted by atomic mass is 15.2. The van der Waals surface area contributed by atoms with E-state index < -0.39 is 0 Å². The Labute approximate surface area is 117 Å². The summed E-state index contributed by atoms with van der Waals surface area (Å²) in [6, 6.07) is 10.3. The van der Waals surface area contributed by atoms with Gasteiger partial charge in [0.25, 0.3) is 0 Å². The zero-order valence-electron chi connectivity index (χ0n) is 12.2. The van der Waals surface area contributed by atoms with Crippen LogP contribution in [0.3, 0.4) is 0 Å². The van der Waals surface area contributed by atoms with Crippen LogP contribution in [0.4, 0.5) is 0 Å². The van der Waals surface area contributed by atoms with E-state index in [1.165, 1.54) is 38.9 Å². The van der Waals surface area contributed by atoms with E-state index in [1.807, 2.05) is 0 Å². The van der Waals surface area contributed by atoms with Crippen LogP contribution in [0.2, 0.25) is 0 Å². The Morgan fingerprint density at radius 2 is 1.89 bits per heavy atom. The summed E-state index contributed by atoms with van der Waals surface area (Å²) in [6.45, 7) is 8.38. The molecule has 2 aliphatic rings.